The number of halogens is 3. The maximum absolute atomic E-state index is 13.1. The molecule has 0 aliphatic carbocycles. The Morgan fingerprint density at radius 2 is 1.88 bits per heavy atom. The topological polar surface area (TPSA) is 61.6 Å². The second-order valence-electron chi connectivity index (χ2n) is 8.08. The Hall–Kier alpha value is -3.33. The molecule has 9 heteroatoms. The Bertz CT molecular complexity index is 1030. The summed E-state index contributed by atoms with van der Waals surface area (Å²) >= 11 is 0. The van der Waals surface area contributed by atoms with Crippen molar-refractivity contribution in [3.8, 4) is 0 Å². The van der Waals surface area contributed by atoms with Crippen molar-refractivity contribution in [3.63, 3.8) is 0 Å². The number of rotatable bonds is 6. The van der Waals surface area contributed by atoms with Crippen molar-refractivity contribution in [2.24, 2.45) is 0 Å². The molecule has 33 heavy (non-hydrogen) atoms. The van der Waals surface area contributed by atoms with Crippen LogP contribution in [0.4, 0.5) is 23.7 Å². The van der Waals surface area contributed by atoms with E-state index in [1.807, 2.05) is 12.1 Å². The molecule has 3 heterocycles. The molecule has 2 aromatic heterocycles. The molecule has 0 bridgehead atoms. The number of alkyl halides is 3. The molecule has 4 rings (SSSR count). The number of carbonyl (C=O) groups excluding carboxylic acids is 1. The summed E-state index contributed by atoms with van der Waals surface area (Å²) in [5, 5.41) is 2.64. The first-order valence-corrected chi connectivity index (χ1v) is 10.8. The number of anilines is 1. The van der Waals surface area contributed by atoms with Crippen LogP contribution in [0.3, 0.4) is 0 Å². The number of likely N-dealkylation sites (tertiary alicyclic amines) is 1. The number of amides is 2. The number of carbonyl (C=O) groups is 1. The summed E-state index contributed by atoms with van der Waals surface area (Å²) in [6.45, 7) is 2.66. The fraction of sp³-hybridized carbons (Fsp3) is 0.333. The van der Waals surface area contributed by atoms with E-state index < -0.39 is 17.8 Å². The third kappa shape index (κ3) is 6.13. The number of pyridine rings is 1. The first-order chi connectivity index (χ1) is 15.9. The molecule has 3 aromatic rings. The lowest BCUT2D eigenvalue weighted by Gasteiger charge is -2.38. The van der Waals surface area contributed by atoms with Gasteiger partial charge < -0.3 is 14.6 Å². The van der Waals surface area contributed by atoms with Crippen molar-refractivity contribution in [3.05, 3.63) is 84.1 Å². The highest BCUT2D eigenvalue weighted by Crippen LogP contribution is 2.31. The first-order valence-electron chi connectivity index (χ1n) is 10.8. The molecule has 174 valence electrons. The van der Waals surface area contributed by atoms with Gasteiger partial charge in [-0.2, -0.15) is 13.2 Å². The molecule has 1 aromatic carbocycles. The average molecular weight is 458 g/mol. The Balaban J connectivity index is 1.44. The number of nitrogens with one attached hydrogen (secondary N) is 1. The highest BCUT2D eigenvalue weighted by Gasteiger charge is 2.32. The van der Waals surface area contributed by atoms with Gasteiger partial charge in [0.05, 0.1) is 18.4 Å². The van der Waals surface area contributed by atoms with Gasteiger partial charge in [-0.3, -0.25) is 9.88 Å². The minimum absolute atomic E-state index is 0.0606. The summed E-state index contributed by atoms with van der Waals surface area (Å²) < 4.78 is 44.6. The van der Waals surface area contributed by atoms with E-state index in [1.54, 1.807) is 29.4 Å². The molecule has 1 N–H and O–H groups in total. The molecule has 1 saturated heterocycles. The van der Waals surface area contributed by atoms with E-state index in [0.29, 0.717) is 5.76 Å². The lowest BCUT2D eigenvalue weighted by atomic mass is 10.0. The molecule has 0 atom stereocenters. The number of urea groups is 1. The Morgan fingerprint density at radius 1 is 1.12 bits per heavy atom. The SMILES string of the molecule is O=C(Nc1cccc(C(F)(F)F)c1)N(Cc1ccco1)C1CCN(Cc2ccncc2)CC1. The zero-order chi connectivity index (χ0) is 23.3. The van der Waals surface area contributed by atoms with E-state index in [4.69, 9.17) is 4.42 Å². The number of piperidine rings is 1. The van der Waals surface area contributed by atoms with Gasteiger partial charge in [-0.05, 0) is 60.9 Å². The Labute approximate surface area is 190 Å². The van der Waals surface area contributed by atoms with Gasteiger partial charge in [0.15, 0.2) is 0 Å². The van der Waals surface area contributed by atoms with Gasteiger partial charge in [0.1, 0.15) is 5.76 Å². The predicted molar refractivity (Wildman–Crippen MR) is 117 cm³/mol. The quantitative estimate of drug-likeness (QED) is 0.538. The zero-order valence-electron chi connectivity index (χ0n) is 18.0. The normalized spacial score (nSPS) is 15.4. The molecule has 1 aliphatic heterocycles. The summed E-state index contributed by atoms with van der Waals surface area (Å²) in [5.74, 6) is 0.619. The van der Waals surface area contributed by atoms with Gasteiger partial charge in [-0.15, -0.1) is 0 Å². The smallest absolute Gasteiger partial charge is 0.416 e. The summed E-state index contributed by atoms with van der Waals surface area (Å²) in [6.07, 6.45) is 2.10. The van der Waals surface area contributed by atoms with Crippen molar-refractivity contribution in [1.29, 1.82) is 0 Å². The number of nitrogens with zero attached hydrogens (tertiary/aromatic N) is 3. The standard InChI is InChI=1S/C24H25F3N4O2/c25-24(26,27)19-3-1-4-20(15-19)29-23(32)31(17-22-5-2-14-33-22)21-8-12-30(13-9-21)16-18-6-10-28-11-7-18/h1-7,10-11,14-15,21H,8-9,12-13,16-17H2,(H,29,32). The molecular formula is C24H25F3N4O2. The third-order valence-corrected chi connectivity index (χ3v) is 5.76. The van der Waals surface area contributed by atoms with E-state index in [1.165, 1.54) is 24.0 Å². The van der Waals surface area contributed by atoms with Crippen LogP contribution in [0, 0.1) is 0 Å². The van der Waals surface area contributed by atoms with Crippen molar-refractivity contribution in [2.75, 3.05) is 18.4 Å². The molecule has 2 amide bonds. The van der Waals surface area contributed by atoms with E-state index >= 15 is 0 Å². The number of furan rings is 1. The highest BCUT2D eigenvalue weighted by molar-refractivity contribution is 5.89. The Morgan fingerprint density at radius 3 is 2.55 bits per heavy atom. The van der Waals surface area contributed by atoms with Gasteiger partial charge >= 0.3 is 12.2 Å². The summed E-state index contributed by atoms with van der Waals surface area (Å²) in [6, 6.07) is 11.7. The van der Waals surface area contributed by atoms with Gasteiger partial charge in [0.25, 0.3) is 0 Å². The fourth-order valence-corrected chi connectivity index (χ4v) is 4.04. The van der Waals surface area contributed by atoms with Crippen LogP contribution in [0.2, 0.25) is 0 Å². The summed E-state index contributed by atoms with van der Waals surface area (Å²) in [7, 11) is 0. The molecule has 6 nitrogen and oxygen atoms in total. The maximum atomic E-state index is 13.1. The lowest BCUT2D eigenvalue weighted by molar-refractivity contribution is -0.137. The van der Waals surface area contributed by atoms with Crippen LogP contribution >= 0.6 is 0 Å². The summed E-state index contributed by atoms with van der Waals surface area (Å²) in [5.41, 5.74) is 0.481. The van der Waals surface area contributed by atoms with Crippen molar-refractivity contribution >= 4 is 11.7 Å². The molecule has 0 saturated carbocycles. The van der Waals surface area contributed by atoms with Crippen LogP contribution in [0.1, 0.15) is 29.7 Å². The number of benzene rings is 1. The lowest BCUT2D eigenvalue weighted by Crippen LogP contribution is -2.48. The minimum Gasteiger partial charge on any atom is -0.467 e. The molecule has 1 fully saturated rings. The van der Waals surface area contributed by atoms with Crippen molar-refractivity contribution in [1.82, 2.24) is 14.8 Å². The van der Waals surface area contributed by atoms with E-state index in [2.05, 4.69) is 15.2 Å². The average Bonchev–Trinajstić information content (AvgIpc) is 3.32. The highest BCUT2D eigenvalue weighted by atomic mass is 19.4. The molecule has 1 aliphatic rings. The zero-order valence-corrected chi connectivity index (χ0v) is 18.0. The first kappa shape index (κ1) is 22.8. The number of hydrogen-bond acceptors (Lipinski definition) is 4. The summed E-state index contributed by atoms with van der Waals surface area (Å²) in [4.78, 5) is 21.2. The predicted octanol–water partition coefficient (Wildman–Crippen LogP) is 5.39. The molecule has 0 radical (unpaired) electrons. The fourth-order valence-electron chi connectivity index (χ4n) is 4.04. The van der Waals surface area contributed by atoms with Gasteiger partial charge in [-0.25, -0.2) is 4.79 Å². The van der Waals surface area contributed by atoms with E-state index in [-0.39, 0.29) is 18.3 Å². The van der Waals surface area contributed by atoms with E-state index in [0.717, 1.165) is 44.6 Å². The molecule has 0 spiro atoms. The third-order valence-electron chi connectivity index (χ3n) is 5.76. The largest absolute Gasteiger partial charge is 0.467 e. The molecule has 0 unspecified atom stereocenters. The van der Waals surface area contributed by atoms with Crippen molar-refractivity contribution < 1.29 is 22.4 Å². The van der Waals surface area contributed by atoms with Crippen LogP contribution in [-0.4, -0.2) is 39.9 Å². The van der Waals surface area contributed by atoms with Gasteiger partial charge in [0.2, 0.25) is 0 Å². The Kier molecular flexibility index (Phi) is 6.98. The number of hydrogen-bond donors (Lipinski definition) is 1. The number of aromatic nitrogens is 1. The van der Waals surface area contributed by atoms with Gasteiger partial charge in [0, 0.05) is 43.8 Å². The van der Waals surface area contributed by atoms with Crippen LogP contribution in [0.5, 0.6) is 0 Å². The minimum atomic E-state index is -4.48. The van der Waals surface area contributed by atoms with Crippen LogP contribution in [0.15, 0.2) is 71.6 Å². The maximum Gasteiger partial charge on any atom is 0.416 e. The van der Waals surface area contributed by atoms with Crippen molar-refractivity contribution in [2.45, 2.75) is 38.1 Å². The second kappa shape index (κ2) is 10.1. The second-order valence-corrected chi connectivity index (χ2v) is 8.08. The van der Waals surface area contributed by atoms with Crippen LogP contribution in [0.25, 0.3) is 0 Å². The van der Waals surface area contributed by atoms with Crippen LogP contribution < -0.4 is 5.32 Å². The molecular weight excluding hydrogens is 433 g/mol. The van der Waals surface area contributed by atoms with E-state index in [9.17, 15) is 18.0 Å². The van der Waals surface area contributed by atoms with Gasteiger partial charge in [-0.1, -0.05) is 6.07 Å². The monoisotopic (exact) mass is 458 g/mol. The van der Waals surface area contributed by atoms with Crippen LogP contribution in [-0.2, 0) is 19.3 Å².